The monoisotopic (exact) mass is 150 g/mol. The smallest absolute Gasteiger partial charge is 0.0433 e. The SMILES string of the molecule is CCc1nccc(CN)c1C. The van der Waals surface area contributed by atoms with Crippen molar-refractivity contribution in [2.75, 3.05) is 0 Å². The molecular weight excluding hydrogens is 136 g/mol. The maximum Gasteiger partial charge on any atom is 0.0433 e. The van der Waals surface area contributed by atoms with E-state index in [9.17, 15) is 0 Å². The van der Waals surface area contributed by atoms with E-state index < -0.39 is 0 Å². The molecule has 1 aromatic rings. The average molecular weight is 150 g/mol. The topological polar surface area (TPSA) is 38.9 Å². The van der Waals surface area contributed by atoms with Gasteiger partial charge in [0.15, 0.2) is 0 Å². The summed E-state index contributed by atoms with van der Waals surface area (Å²) in [5, 5.41) is 0. The number of aryl methyl sites for hydroxylation is 1. The molecule has 11 heavy (non-hydrogen) atoms. The molecule has 1 aromatic heterocycles. The minimum absolute atomic E-state index is 0.612. The van der Waals surface area contributed by atoms with Crippen molar-refractivity contribution in [1.29, 1.82) is 0 Å². The van der Waals surface area contributed by atoms with Crippen molar-refractivity contribution in [3.05, 3.63) is 29.1 Å². The summed E-state index contributed by atoms with van der Waals surface area (Å²) in [5.41, 5.74) is 9.16. The minimum Gasteiger partial charge on any atom is -0.326 e. The van der Waals surface area contributed by atoms with E-state index in [1.807, 2.05) is 12.3 Å². The van der Waals surface area contributed by atoms with E-state index in [1.54, 1.807) is 0 Å². The van der Waals surface area contributed by atoms with Crippen LogP contribution in [0.4, 0.5) is 0 Å². The molecule has 2 nitrogen and oxygen atoms in total. The molecule has 1 heterocycles. The molecule has 0 aliphatic carbocycles. The molecule has 0 aliphatic rings. The summed E-state index contributed by atoms with van der Waals surface area (Å²) in [6.07, 6.45) is 2.81. The van der Waals surface area contributed by atoms with Gasteiger partial charge in [-0.3, -0.25) is 4.98 Å². The zero-order valence-corrected chi connectivity index (χ0v) is 7.09. The molecule has 0 radical (unpaired) electrons. The summed E-state index contributed by atoms with van der Waals surface area (Å²) in [5.74, 6) is 0. The zero-order chi connectivity index (χ0) is 8.27. The van der Waals surface area contributed by atoms with Crippen LogP contribution in [0.2, 0.25) is 0 Å². The second-order valence-corrected chi connectivity index (χ2v) is 2.60. The van der Waals surface area contributed by atoms with E-state index in [4.69, 9.17) is 5.73 Å². The summed E-state index contributed by atoms with van der Waals surface area (Å²) in [6, 6.07) is 1.98. The molecule has 0 fully saturated rings. The fourth-order valence-corrected chi connectivity index (χ4v) is 1.20. The minimum atomic E-state index is 0.612. The summed E-state index contributed by atoms with van der Waals surface area (Å²) in [4.78, 5) is 4.25. The van der Waals surface area contributed by atoms with Gasteiger partial charge < -0.3 is 5.73 Å². The Labute approximate surface area is 67.5 Å². The Morgan fingerprint density at radius 3 is 2.82 bits per heavy atom. The number of rotatable bonds is 2. The normalized spacial score (nSPS) is 10.1. The Hall–Kier alpha value is -0.890. The maximum absolute atomic E-state index is 5.55. The Morgan fingerprint density at radius 1 is 1.55 bits per heavy atom. The van der Waals surface area contributed by atoms with Crippen LogP contribution in [0.5, 0.6) is 0 Å². The third-order valence-corrected chi connectivity index (χ3v) is 1.98. The van der Waals surface area contributed by atoms with Crippen molar-refractivity contribution >= 4 is 0 Å². The second-order valence-electron chi connectivity index (χ2n) is 2.60. The van der Waals surface area contributed by atoms with Gasteiger partial charge in [0, 0.05) is 18.4 Å². The van der Waals surface area contributed by atoms with Gasteiger partial charge in [-0.2, -0.15) is 0 Å². The van der Waals surface area contributed by atoms with Gasteiger partial charge in [-0.15, -0.1) is 0 Å². The Morgan fingerprint density at radius 2 is 2.27 bits per heavy atom. The van der Waals surface area contributed by atoms with E-state index in [-0.39, 0.29) is 0 Å². The fraction of sp³-hybridized carbons (Fsp3) is 0.444. The number of hydrogen-bond donors (Lipinski definition) is 1. The van der Waals surface area contributed by atoms with Gasteiger partial charge in [-0.1, -0.05) is 6.92 Å². The van der Waals surface area contributed by atoms with Crippen molar-refractivity contribution < 1.29 is 0 Å². The average Bonchev–Trinajstić information content (AvgIpc) is 2.05. The first kappa shape index (κ1) is 8.21. The van der Waals surface area contributed by atoms with Gasteiger partial charge in [0.2, 0.25) is 0 Å². The van der Waals surface area contributed by atoms with E-state index in [0.29, 0.717) is 6.54 Å². The van der Waals surface area contributed by atoms with Gasteiger partial charge in [-0.05, 0) is 30.5 Å². The highest BCUT2D eigenvalue weighted by Gasteiger charge is 2.00. The van der Waals surface area contributed by atoms with Crippen molar-refractivity contribution in [3.8, 4) is 0 Å². The largest absolute Gasteiger partial charge is 0.326 e. The number of pyridine rings is 1. The van der Waals surface area contributed by atoms with E-state index in [0.717, 1.165) is 12.1 Å². The molecule has 60 valence electrons. The summed E-state index contributed by atoms with van der Waals surface area (Å²) in [6.45, 7) is 4.80. The highest BCUT2D eigenvalue weighted by Crippen LogP contribution is 2.10. The predicted octanol–water partition coefficient (Wildman–Crippen LogP) is 1.41. The molecule has 0 spiro atoms. The van der Waals surface area contributed by atoms with E-state index in [1.165, 1.54) is 11.1 Å². The lowest BCUT2D eigenvalue weighted by Gasteiger charge is -2.05. The van der Waals surface area contributed by atoms with E-state index >= 15 is 0 Å². The van der Waals surface area contributed by atoms with Crippen LogP contribution in [0, 0.1) is 6.92 Å². The molecule has 2 N–H and O–H groups in total. The number of hydrogen-bond acceptors (Lipinski definition) is 2. The van der Waals surface area contributed by atoms with Gasteiger partial charge >= 0.3 is 0 Å². The zero-order valence-electron chi connectivity index (χ0n) is 7.09. The molecular formula is C9H14N2. The molecule has 0 atom stereocenters. The van der Waals surface area contributed by atoms with Crippen LogP contribution in [-0.2, 0) is 13.0 Å². The number of nitrogens with zero attached hydrogens (tertiary/aromatic N) is 1. The van der Waals surface area contributed by atoms with Crippen molar-refractivity contribution in [3.63, 3.8) is 0 Å². The van der Waals surface area contributed by atoms with Crippen LogP contribution in [0.1, 0.15) is 23.7 Å². The lowest BCUT2D eigenvalue weighted by molar-refractivity contribution is 0.957. The van der Waals surface area contributed by atoms with Crippen LogP contribution in [-0.4, -0.2) is 4.98 Å². The third-order valence-electron chi connectivity index (χ3n) is 1.98. The van der Waals surface area contributed by atoms with Crippen molar-refractivity contribution in [2.24, 2.45) is 5.73 Å². The summed E-state index contributed by atoms with van der Waals surface area (Å²) in [7, 11) is 0. The van der Waals surface area contributed by atoms with Gasteiger partial charge in [-0.25, -0.2) is 0 Å². The lowest BCUT2D eigenvalue weighted by atomic mass is 10.1. The van der Waals surface area contributed by atoms with Crippen LogP contribution >= 0.6 is 0 Å². The molecule has 0 aromatic carbocycles. The highest BCUT2D eigenvalue weighted by atomic mass is 14.7. The first-order chi connectivity index (χ1) is 5.29. The Kier molecular flexibility index (Phi) is 2.60. The summed E-state index contributed by atoms with van der Waals surface area (Å²) >= 11 is 0. The second kappa shape index (κ2) is 3.49. The fourth-order valence-electron chi connectivity index (χ4n) is 1.20. The van der Waals surface area contributed by atoms with E-state index in [2.05, 4.69) is 18.8 Å². The van der Waals surface area contributed by atoms with Crippen molar-refractivity contribution in [2.45, 2.75) is 26.8 Å². The highest BCUT2D eigenvalue weighted by molar-refractivity contribution is 5.28. The van der Waals surface area contributed by atoms with Gasteiger partial charge in [0.1, 0.15) is 0 Å². The van der Waals surface area contributed by atoms with Crippen molar-refractivity contribution in [1.82, 2.24) is 4.98 Å². The quantitative estimate of drug-likeness (QED) is 0.692. The molecule has 0 saturated heterocycles. The van der Waals surface area contributed by atoms with Crippen LogP contribution in [0.25, 0.3) is 0 Å². The summed E-state index contributed by atoms with van der Waals surface area (Å²) < 4.78 is 0. The molecule has 0 saturated carbocycles. The van der Waals surface area contributed by atoms with Crippen LogP contribution in [0.3, 0.4) is 0 Å². The lowest BCUT2D eigenvalue weighted by Crippen LogP contribution is -2.02. The third kappa shape index (κ3) is 1.57. The number of nitrogens with two attached hydrogens (primary N) is 1. The Balaban J connectivity index is 3.10. The molecule has 0 aliphatic heterocycles. The van der Waals surface area contributed by atoms with Crippen LogP contribution in [0.15, 0.2) is 12.3 Å². The molecule has 0 unspecified atom stereocenters. The number of aromatic nitrogens is 1. The predicted molar refractivity (Wildman–Crippen MR) is 46.2 cm³/mol. The van der Waals surface area contributed by atoms with Crippen LogP contribution < -0.4 is 5.73 Å². The molecule has 2 heteroatoms. The maximum atomic E-state index is 5.55. The Bertz CT molecular complexity index is 221. The standard InChI is InChI=1S/C9H14N2/c1-3-9-7(2)8(6-10)4-5-11-9/h4-5H,3,6,10H2,1-2H3. The first-order valence-electron chi connectivity index (χ1n) is 3.93. The molecule has 0 amide bonds. The molecule has 1 rings (SSSR count). The van der Waals surface area contributed by atoms with Gasteiger partial charge in [0.25, 0.3) is 0 Å². The van der Waals surface area contributed by atoms with Gasteiger partial charge in [0.05, 0.1) is 0 Å². The first-order valence-corrected chi connectivity index (χ1v) is 3.93. The molecule has 0 bridgehead atoms.